The van der Waals surface area contributed by atoms with Crippen LogP contribution in [0.2, 0.25) is 0 Å². The minimum Gasteiger partial charge on any atom is -0.455 e. The van der Waals surface area contributed by atoms with Gasteiger partial charge in [-0.2, -0.15) is 4.31 Å². The fourth-order valence-corrected chi connectivity index (χ4v) is 3.60. The van der Waals surface area contributed by atoms with Crippen LogP contribution in [0.5, 0.6) is 0 Å². The minimum absolute atomic E-state index is 0.150. The van der Waals surface area contributed by atoms with E-state index in [-0.39, 0.29) is 4.90 Å². The van der Waals surface area contributed by atoms with Crippen molar-refractivity contribution >= 4 is 27.6 Å². The Labute approximate surface area is 153 Å². The zero-order valence-corrected chi connectivity index (χ0v) is 16.0. The van der Waals surface area contributed by atoms with Gasteiger partial charge in [-0.3, -0.25) is 9.59 Å². The van der Waals surface area contributed by atoms with Crippen LogP contribution in [0.3, 0.4) is 0 Å². The summed E-state index contributed by atoms with van der Waals surface area (Å²) in [5.41, 5.74) is -0.266. The summed E-state index contributed by atoms with van der Waals surface area (Å²) in [4.78, 5) is 23.6. The Hall–Kier alpha value is -1.97. The molecule has 0 atom stereocenters. The largest absolute Gasteiger partial charge is 0.455 e. The first-order chi connectivity index (χ1) is 12.1. The van der Waals surface area contributed by atoms with Gasteiger partial charge in [0.25, 0.3) is 5.91 Å². The first-order valence-electron chi connectivity index (χ1n) is 8.26. The molecule has 0 unspecified atom stereocenters. The Kier molecular flexibility index (Phi) is 6.38. The Balaban J connectivity index is 1.94. The smallest absolute Gasteiger partial charge is 0.311 e. The second-order valence-corrected chi connectivity index (χ2v) is 8.85. The van der Waals surface area contributed by atoms with Crippen molar-refractivity contribution in [3.05, 3.63) is 24.3 Å². The van der Waals surface area contributed by atoms with Crippen molar-refractivity contribution in [2.45, 2.75) is 25.7 Å². The van der Waals surface area contributed by atoms with Crippen LogP contribution < -0.4 is 5.32 Å². The molecular weight excluding hydrogens is 360 g/mol. The molecule has 0 spiro atoms. The molecule has 1 heterocycles. The van der Waals surface area contributed by atoms with Crippen LogP contribution >= 0.6 is 0 Å². The number of benzene rings is 1. The van der Waals surface area contributed by atoms with Crippen molar-refractivity contribution in [3.8, 4) is 0 Å². The fraction of sp³-hybridized carbons (Fsp3) is 0.529. The maximum atomic E-state index is 12.5. The van der Waals surface area contributed by atoms with Gasteiger partial charge >= 0.3 is 5.97 Å². The molecular formula is C17H24N2O6S. The number of morpholine rings is 1. The van der Waals surface area contributed by atoms with E-state index >= 15 is 0 Å². The number of esters is 1. The molecule has 2 rings (SSSR count). The van der Waals surface area contributed by atoms with Gasteiger partial charge in [-0.15, -0.1) is 0 Å². The monoisotopic (exact) mass is 384 g/mol. The third-order valence-corrected chi connectivity index (χ3v) is 5.61. The fourth-order valence-electron chi connectivity index (χ4n) is 2.19. The number of carbonyl (C=O) groups is 2. The average Bonchev–Trinajstić information content (AvgIpc) is 2.60. The predicted molar refractivity (Wildman–Crippen MR) is 95.1 cm³/mol. The second kappa shape index (κ2) is 8.15. The van der Waals surface area contributed by atoms with Gasteiger partial charge in [0.1, 0.15) is 0 Å². The average molecular weight is 384 g/mol. The van der Waals surface area contributed by atoms with Crippen LogP contribution in [0, 0.1) is 5.41 Å². The van der Waals surface area contributed by atoms with Crippen LogP contribution in [0.4, 0.5) is 5.69 Å². The van der Waals surface area contributed by atoms with E-state index in [0.29, 0.717) is 32.0 Å². The van der Waals surface area contributed by atoms with E-state index in [9.17, 15) is 18.0 Å². The first kappa shape index (κ1) is 20.3. The molecule has 1 aliphatic heterocycles. The van der Waals surface area contributed by atoms with Crippen LogP contribution in [0.15, 0.2) is 29.2 Å². The molecule has 1 amide bonds. The summed E-state index contributed by atoms with van der Waals surface area (Å²) in [6, 6.07) is 5.86. The molecule has 0 radical (unpaired) electrons. The quantitative estimate of drug-likeness (QED) is 0.766. The van der Waals surface area contributed by atoms with E-state index in [1.165, 1.54) is 28.6 Å². The maximum Gasteiger partial charge on any atom is 0.311 e. The van der Waals surface area contributed by atoms with Gasteiger partial charge < -0.3 is 14.8 Å². The number of sulfonamides is 1. The van der Waals surface area contributed by atoms with E-state index in [1.807, 2.05) is 0 Å². The van der Waals surface area contributed by atoms with Crippen molar-refractivity contribution in [3.63, 3.8) is 0 Å². The third-order valence-electron chi connectivity index (χ3n) is 3.69. The van der Waals surface area contributed by atoms with E-state index in [2.05, 4.69) is 5.32 Å². The molecule has 144 valence electrons. The number of hydrogen-bond donors (Lipinski definition) is 1. The van der Waals surface area contributed by atoms with Gasteiger partial charge in [0.05, 0.1) is 23.5 Å². The summed E-state index contributed by atoms with van der Waals surface area (Å²) in [7, 11) is -3.57. The molecule has 0 aromatic heterocycles. The number of nitrogens with one attached hydrogen (secondary N) is 1. The molecule has 1 aliphatic rings. The van der Waals surface area contributed by atoms with Gasteiger partial charge in [0.2, 0.25) is 10.0 Å². The lowest BCUT2D eigenvalue weighted by Gasteiger charge is -2.26. The highest BCUT2D eigenvalue weighted by molar-refractivity contribution is 7.89. The zero-order valence-electron chi connectivity index (χ0n) is 15.1. The molecule has 1 aromatic carbocycles. The lowest BCUT2D eigenvalue weighted by molar-refractivity contribution is -0.155. The summed E-state index contributed by atoms with van der Waals surface area (Å²) < 4.78 is 36.5. The summed E-state index contributed by atoms with van der Waals surface area (Å²) >= 11 is 0. The van der Waals surface area contributed by atoms with Gasteiger partial charge in [-0.1, -0.05) is 0 Å². The lowest BCUT2D eigenvalue weighted by atomic mass is 9.97. The number of hydrogen-bond acceptors (Lipinski definition) is 6. The molecule has 0 saturated carbocycles. The van der Waals surface area contributed by atoms with Crippen LogP contribution in [-0.4, -0.2) is 57.5 Å². The first-order valence-corrected chi connectivity index (χ1v) is 9.70. The van der Waals surface area contributed by atoms with Crippen molar-refractivity contribution in [2.24, 2.45) is 5.41 Å². The van der Waals surface area contributed by atoms with Gasteiger partial charge in [0, 0.05) is 18.8 Å². The molecule has 8 nitrogen and oxygen atoms in total. The summed E-state index contributed by atoms with van der Waals surface area (Å²) in [6.07, 6.45) is 0. The van der Waals surface area contributed by atoms with Crippen LogP contribution in [-0.2, 0) is 29.1 Å². The third kappa shape index (κ3) is 5.26. The highest BCUT2D eigenvalue weighted by Gasteiger charge is 2.26. The standard InChI is InChI=1S/C17H24N2O6S/c1-17(2,3)16(21)25-12-15(20)18-13-4-6-14(7-5-13)26(22,23)19-8-10-24-11-9-19/h4-7H,8-12H2,1-3H3,(H,18,20). The van der Waals surface area contributed by atoms with Crippen molar-refractivity contribution in [2.75, 3.05) is 38.2 Å². The van der Waals surface area contributed by atoms with E-state index < -0.39 is 33.9 Å². The number of rotatable bonds is 5. The Morgan fingerprint density at radius 1 is 1.15 bits per heavy atom. The minimum atomic E-state index is -3.57. The maximum absolute atomic E-state index is 12.5. The molecule has 1 N–H and O–H groups in total. The van der Waals surface area contributed by atoms with E-state index in [1.54, 1.807) is 20.8 Å². The zero-order chi connectivity index (χ0) is 19.4. The number of nitrogens with zero attached hydrogens (tertiary/aromatic N) is 1. The normalized spacial score (nSPS) is 16.1. The van der Waals surface area contributed by atoms with E-state index in [4.69, 9.17) is 9.47 Å². The highest BCUT2D eigenvalue weighted by Crippen LogP contribution is 2.19. The Morgan fingerprint density at radius 2 is 1.73 bits per heavy atom. The molecule has 26 heavy (non-hydrogen) atoms. The van der Waals surface area contributed by atoms with Gasteiger partial charge in [-0.25, -0.2) is 8.42 Å². The molecule has 1 fully saturated rings. The molecule has 0 bridgehead atoms. The molecule has 1 aromatic rings. The second-order valence-electron chi connectivity index (χ2n) is 6.92. The Morgan fingerprint density at radius 3 is 2.27 bits per heavy atom. The van der Waals surface area contributed by atoms with Crippen molar-refractivity contribution in [1.82, 2.24) is 4.31 Å². The summed E-state index contributed by atoms with van der Waals surface area (Å²) in [5.74, 6) is -0.967. The predicted octanol–water partition coefficient (Wildman–Crippen LogP) is 1.24. The van der Waals surface area contributed by atoms with Crippen molar-refractivity contribution in [1.29, 1.82) is 0 Å². The highest BCUT2D eigenvalue weighted by atomic mass is 32.2. The number of carbonyl (C=O) groups excluding carboxylic acids is 2. The van der Waals surface area contributed by atoms with Gasteiger partial charge in [0.15, 0.2) is 6.61 Å². The topological polar surface area (TPSA) is 102 Å². The molecule has 1 saturated heterocycles. The lowest BCUT2D eigenvalue weighted by Crippen LogP contribution is -2.40. The number of anilines is 1. The van der Waals surface area contributed by atoms with E-state index in [0.717, 1.165) is 0 Å². The summed E-state index contributed by atoms with van der Waals surface area (Å²) in [5, 5.41) is 2.56. The Bertz CT molecular complexity index is 746. The molecule has 9 heteroatoms. The van der Waals surface area contributed by atoms with Crippen LogP contribution in [0.25, 0.3) is 0 Å². The number of amides is 1. The van der Waals surface area contributed by atoms with Crippen LogP contribution in [0.1, 0.15) is 20.8 Å². The van der Waals surface area contributed by atoms with Gasteiger partial charge in [-0.05, 0) is 45.0 Å². The number of ether oxygens (including phenoxy) is 2. The SMILES string of the molecule is CC(C)(C)C(=O)OCC(=O)Nc1ccc(S(=O)(=O)N2CCOCC2)cc1. The summed E-state index contributed by atoms with van der Waals surface area (Å²) in [6.45, 7) is 6.08. The van der Waals surface area contributed by atoms with Crippen molar-refractivity contribution < 1.29 is 27.5 Å². The molecule has 0 aliphatic carbocycles.